The number of nitrogens with zero attached hydrogens (tertiary/aromatic N) is 3. The highest BCUT2D eigenvalue weighted by Gasteiger charge is 2.29. The van der Waals surface area contributed by atoms with E-state index in [-0.39, 0.29) is 11.5 Å². The number of hydrazone groups is 1. The van der Waals surface area contributed by atoms with Crippen LogP contribution in [0.25, 0.3) is 11.8 Å². The lowest BCUT2D eigenvalue weighted by Gasteiger charge is -2.10. The van der Waals surface area contributed by atoms with E-state index >= 15 is 0 Å². The van der Waals surface area contributed by atoms with Crippen molar-refractivity contribution in [2.24, 2.45) is 5.10 Å². The second-order valence-electron chi connectivity index (χ2n) is 6.77. The number of nitrogens with one attached hydrogen (secondary N) is 1. The average Bonchev–Trinajstić information content (AvgIpc) is 3.14. The van der Waals surface area contributed by atoms with Gasteiger partial charge in [-0.15, -0.1) is 0 Å². The van der Waals surface area contributed by atoms with Gasteiger partial charge in [-0.25, -0.2) is 4.68 Å². The van der Waals surface area contributed by atoms with Crippen LogP contribution in [0.4, 0.5) is 5.69 Å². The van der Waals surface area contributed by atoms with E-state index in [0.29, 0.717) is 28.2 Å². The second-order valence-corrected chi connectivity index (χ2v) is 6.77. The van der Waals surface area contributed by atoms with Crippen LogP contribution in [0.2, 0.25) is 0 Å². The Kier molecular flexibility index (Phi) is 4.31. The standard InChI is InChI=1S/C22H20N4O2/c1-14-9-7-8-12-20(14)26-22(28)19(16(3)24-26)13-18-15(2)23-25(21(18)27)17-10-5-4-6-11-17/h4-13,24H,1-3H3/b18-13+. The van der Waals surface area contributed by atoms with Gasteiger partial charge in [0.25, 0.3) is 11.5 Å². The van der Waals surface area contributed by atoms with Crippen molar-refractivity contribution in [2.45, 2.75) is 20.8 Å². The van der Waals surface area contributed by atoms with Crippen molar-refractivity contribution in [3.63, 3.8) is 0 Å². The Hall–Kier alpha value is -3.67. The quantitative estimate of drug-likeness (QED) is 0.714. The highest BCUT2D eigenvalue weighted by Crippen LogP contribution is 2.24. The number of aryl methyl sites for hydroxylation is 2. The Morgan fingerprint density at radius 2 is 1.61 bits per heavy atom. The van der Waals surface area contributed by atoms with Crippen LogP contribution in [0, 0.1) is 13.8 Å². The van der Waals surface area contributed by atoms with Crippen LogP contribution >= 0.6 is 0 Å². The fourth-order valence-electron chi connectivity index (χ4n) is 3.29. The average molecular weight is 372 g/mol. The number of hydrogen-bond donors (Lipinski definition) is 1. The van der Waals surface area contributed by atoms with Crippen LogP contribution in [0.3, 0.4) is 0 Å². The number of carbonyl (C=O) groups excluding carboxylic acids is 1. The lowest BCUT2D eigenvalue weighted by molar-refractivity contribution is -0.114. The molecule has 6 heteroatoms. The Bertz CT molecular complexity index is 1180. The highest BCUT2D eigenvalue weighted by atomic mass is 16.2. The predicted octanol–water partition coefficient (Wildman–Crippen LogP) is 3.59. The Morgan fingerprint density at radius 3 is 2.32 bits per heavy atom. The van der Waals surface area contributed by atoms with Crippen molar-refractivity contribution in [3.8, 4) is 5.69 Å². The van der Waals surface area contributed by atoms with E-state index in [1.54, 1.807) is 13.0 Å². The van der Waals surface area contributed by atoms with Crippen LogP contribution < -0.4 is 10.6 Å². The summed E-state index contributed by atoms with van der Waals surface area (Å²) in [5, 5.41) is 8.84. The topological polar surface area (TPSA) is 70.5 Å². The van der Waals surface area contributed by atoms with Gasteiger partial charge < -0.3 is 0 Å². The van der Waals surface area contributed by atoms with Gasteiger partial charge in [0.15, 0.2) is 0 Å². The fraction of sp³-hybridized carbons (Fsp3) is 0.136. The summed E-state index contributed by atoms with van der Waals surface area (Å²) >= 11 is 0. The van der Waals surface area contributed by atoms with Crippen molar-refractivity contribution in [3.05, 3.63) is 87.3 Å². The third-order valence-electron chi connectivity index (χ3n) is 4.83. The predicted molar refractivity (Wildman–Crippen MR) is 111 cm³/mol. The zero-order valence-corrected chi connectivity index (χ0v) is 15.9. The summed E-state index contributed by atoms with van der Waals surface area (Å²) in [6, 6.07) is 16.9. The highest BCUT2D eigenvalue weighted by molar-refractivity contribution is 6.32. The first-order chi connectivity index (χ1) is 13.5. The summed E-state index contributed by atoms with van der Waals surface area (Å²) < 4.78 is 1.51. The number of anilines is 1. The van der Waals surface area contributed by atoms with Gasteiger partial charge in [-0.1, -0.05) is 36.4 Å². The van der Waals surface area contributed by atoms with Crippen molar-refractivity contribution in [2.75, 3.05) is 5.01 Å². The Morgan fingerprint density at radius 1 is 0.929 bits per heavy atom. The number of aromatic amines is 1. The van der Waals surface area contributed by atoms with Crippen LogP contribution in [-0.4, -0.2) is 21.4 Å². The van der Waals surface area contributed by atoms with E-state index in [2.05, 4.69) is 10.2 Å². The first-order valence-electron chi connectivity index (χ1n) is 9.02. The van der Waals surface area contributed by atoms with E-state index < -0.39 is 0 Å². The lowest BCUT2D eigenvalue weighted by atomic mass is 10.1. The zero-order valence-electron chi connectivity index (χ0n) is 15.9. The normalized spacial score (nSPS) is 15.4. The largest absolute Gasteiger partial charge is 0.295 e. The molecule has 2 aromatic carbocycles. The van der Waals surface area contributed by atoms with E-state index in [1.807, 2.05) is 68.4 Å². The van der Waals surface area contributed by atoms with Gasteiger partial charge >= 0.3 is 0 Å². The molecule has 2 heterocycles. The number of benzene rings is 2. The molecule has 4 rings (SSSR count). The first-order valence-corrected chi connectivity index (χ1v) is 9.02. The second kappa shape index (κ2) is 6.81. The fourth-order valence-corrected chi connectivity index (χ4v) is 3.29. The third kappa shape index (κ3) is 2.89. The van der Waals surface area contributed by atoms with Crippen molar-refractivity contribution in [1.82, 2.24) is 9.78 Å². The molecule has 0 spiro atoms. The molecule has 0 atom stereocenters. The maximum atomic E-state index is 13.0. The SMILES string of the molecule is CC1=NN(c2ccccc2)C(=O)/C1=C/c1c(C)[nH]n(-c2ccccc2C)c1=O. The van der Waals surface area contributed by atoms with E-state index in [9.17, 15) is 9.59 Å². The van der Waals surface area contributed by atoms with Crippen LogP contribution in [0.5, 0.6) is 0 Å². The minimum Gasteiger partial charge on any atom is -0.295 e. The Balaban J connectivity index is 1.77. The van der Waals surface area contributed by atoms with Gasteiger partial charge in [0.05, 0.1) is 28.2 Å². The first kappa shape index (κ1) is 17.7. The van der Waals surface area contributed by atoms with E-state index in [4.69, 9.17) is 0 Å². The number of rotatable bonds is 3. The molecule has 0 saturated carbocycles. The molecule has 1 aliphatic heterocycles. The number of amides is 1. The summed E-state index contributed by atoms with van der Waals surface area (Å²) in [5.74, 6) is -0.244. The summed E-state index contributed by atoms with van der Waals surface area (Å²) in [7, 11) is 0. The monoisotopic (exact) mass is 372 g/mol. The minimum absolute atomic E-state index is 0.196. The maximum absolute atomic E-state index is 13.0. The van der Waals surface area contributed by atoms with Gasteiger partial charge in [-0.3, -0.25) is 14.7 Å². The van der Waals surface area contributed by atoms with Crippen LogP contribution in [0.1, 0.15) is 23.7 Å². The van der Waals surface area contributed by atoms with Gasteiger partial charge in [-0.05, 0) is 50.6 Å². The van der Waals surface area contributed by atoms with Crippen molar-refractivity contribution < 1.29 is 4.79 Å². The molecule has 0 saturated heterocycles. The molecular formula is C22H20N4O2. The lowest BCUT2D eigenvalue weighted by Crippen LogP contribution is -2.22. The molecule has 0 unspecified atom stereocenters. The van der Waals surface area contributed by atoms with Gasteiger partial charge in [0.1, 0.15) is 0 Å². The van der Waals surface area contributed by atoms with E-state index in [1.165, 1.54) is 9.69 Å². The molecule has 1 aromatic heterocycles. The molecule has 3 aromatic rings. The summed E-state index contributed by atoms with van der Waals surface area (Å²) in [5.41, 5.74) is 4.41. The molecule has 1 amide bonds. The van der Waals surface area contributed by atoms with Crippen LogP contribution in [-0.2, 0) is 4.79 Å². The smallest absolute Gasteiger partial charge is 0.280 e. The number of aromatic nitrogens is 2. The zero-order chi connectivity index (χ0) is 19.8. The molecule has 1 N–H and O–H groups in total. The molecule has 0 radical (unpaired) electrons. The van der Waals surface area contributed by atoms with Gasteiger partial charge in [0, 0.05) is 5.69 Å². The number of H-pyrrole nitrogens is 1. The number of para-hydroxylation sites is 2. The van der Waals surface area contributed by atoms with E-state index in [0.717, 1.165) is 11.3 Å². The molecule has 1 aliphatic rings. The number of hydrogen-bond acceptors (Lipinski definition) is 3. The molecule has 0 aliphatic carbocycles. The molecule has 0 fully saturated rings. The third-order valence-corrected chi connectivity index (χ3v) is 4.83. The summed E-state index contributed by atoms with van der Waals surface area (Å²) in [6.07, 6.45) is 1.63. The molecule has 0 bridgehead atoms. The van der Waals surface area contributed by atoms with Crippen molar-refractivity contribution >= 4 is 23.4 Å². The molecule has 6 nitrogen and oxygen atoms in total. The Labute approximate surface area is 162 Å². The minimum atomic E-state index is -0.244. The molecule has 28 heavy (non-hydrogen) atoms. The van der Waals surface area contributed by atoms with Gasteiger partial charge in [0.2, 0.25) is 0 Å². The maximum Gasteiger partial charge on any atom is 0.280 e. The summed E-state index contributed by atoms with van der Waals surface area (Å²) in [4.78, 5) is 25.9. The van der Waals surface area contributed by atoms with Crippen molar-refractivity contribution in [1.29, 1.82) is 0 Å². The molecule has 140 valence electrons. The molecular weight excluding hydrogens is 352 g/mol. The number of carbonyl (C=O) groups is 1. The van der Waals surface area contributed by atoms with Crippen LogP contribution in [0.15, 0.2) is 70.1 Å². The van der Waals surface area contributed by atoms with Gasteiger partial charge in [-0.2, -0.15) is 10.1 Å². The summed E-state index contributed by atoms with van der Waals surface area (Å²) in [6.45, 7) is 5.54.